The number of rotatable bonds is 2. The molecule has 0 aliphatic rings. The molecule has 0 bridgehead atoms. The lowest BCUT2D eigenvalue weighted by atomic mass is 10.2. The van der Waals surface area contributed by atoms with Crippen LogP contribution in [-0.4, -0.2) is 24.1 Å². The number of methoxy groups -OCH3 is 1. The maximum Gasteiger partial charge on any atom is 0.317 e. The maximum atomic E-state index is 9.00. The number of nitriles is 1. The molecule has 0 aliphatic carbocycles. The molecular weight excluding hydrogens is 204 g/mol. The predicted octanol–water partition coefficient (Wildman–Crippen LogP) is 1.55. The van der Waals surface area contributed by atoms with E-state index in [9.17, 15) is 0 Å². The summed E-state index contributed by atoms with van der Waals surface area (Å²) in [7, 11) is 3.29. The van der Waals surface area contributed by atoms with E-state index in [2.05, 4.69) is 15.3 Å². The Hall–Kier alpha value is -2.35. The van der Waals surface area contributed by atoms with Gasteiger partial charge in [0.05, 0.1) is 12.6 Å². The van der Waals surface area contributed by atoms with Crippen LogP contribution in [0.1, 0.15) is 5.69 Å². The van der Waals surface area contributed by atoms with Crippen molar-refractivity contribution in [2.24, 2.45) is 0 Å². The Morgan fingerprint density at radius 1 is 1.38 bits per heavy atom. The monoisotopic (exact) mass is 214 g/mol. The van der Waals surface area contributed by atoms with E-state index in [0.717, 1.165) is 11.1 Å². The summed E-state index contributed by atoms with van der Waals surface area (Å²) in [6.45, 7) is 0. The fraction of sp³-hybridized carbons (Fsp3) is 0.182. The highest BCUT2D eigenvalue weighted by Gasteiger charge is 2.07. The van der Waals surface area contributed by atoms with Crippen LogP contribution in [0.15, 0.2) is 18.2 Å². The van der Waals surface area contributed by atoms with Crippen LogP contribution in [0.4, 0.5) is 5.69 Å². The zero-order valence-corrected chi connectivity index (χ0v) is 8.98. The van der Waals surface area contributed by atoms with Gasteiger partial charge in [-0.3, -0.25) is 0 Å². The number of benzene rings is 1. The molecule has 0 spiro atoms. The summed E-state index contributed by atoms with van der Waals surface area (Å²) < 4.78 is 4.93. The molecule has 5 heteroatoms. The van der Waals surface area contributed by atoms with E-state index in [1.807, 2.05) is 31.3 Å². The van der Waals surface area contributed by atoms with Crippen LogP contribution in [0.2, 0.25) is 0 Å². The minimum Gasteiger partial charge on any atom is -0.467 e. The molecule has 1 aromatic heterocycles. The van der Waals surface area contributed by atoms with Crippen molar-refractivity contribution in [3.05, 3.63) is 23.9 Å². The summed E-state index contributed by atoms with van der Waals surface area (Å²) >= 11 is 0. The third-order valence-electron chi connectivity index (χ3n) is 2.25. The molecule has 1 aromatic carbocycles. The molecule has 0 saturated carbocycles. The minimum absolute atomic E-state index is 0.209. The molecule has 0 radical (unpaired) electrons. The van der Waals surface area contributed by atoms with E-state index in [0.29, 0.717) is 11.2 Å². The number of ether oxygens (including phenoxy) is 1. The average Bonchev–Trinajstić information content (AvgIpc) is 2.36. The third kappa shape index (κ3) is 1.61. The fourth-order valence-corrected chi connectivity index (χ4v) is 1.44. The van der Waals surface area contributed by atoms with Crippen LogP contribution in [0.5, 0.6) is 6.01 Å². The second-order valence-electron chi connectivity index (χ2n) is 3.15. The molecule has 0 fully saturated rings. The molecule has 80 valence electrons. The lowest BCUT2D eigenvalue weighted by molar-refractivity contribution is 0.381. The Labute approximate surface area is 92.7 Å². The van der Waals surface area contributed by atoms with Crippen molar-refractivity contribution in [3.63, 3.8) is 0 Å². The van der Waals surface area contributed by atoms with Crippen LogP contribution in [0, 0.1) is 11.3 Å². The molecule has 1 N–H and O–H groups in total. The highest BCUT2D eigenvalue weighted by atomic mass is 16.5. The van der Waals surface area contributed by atoms with Gasteiger partial charge < -0.3 is 10.1 Å². The van der Waals surface area contributed by atoms with Crippen molar-refractivity contribution in [2.45, 2.75) is 0 Å². The highest BCUT2D eigenvalue weighted by molar-refractivity contribution is 5.86. The molecule has 0 aliphatic heterocycles. The van der Waals surface area contributed by atoms with Gasteiger partial charge in [-0.15, -0.1) is 0 Å². The summed E-state index contributed by atoms with van der Waals surface area (Å²) in [4.78, 5) is 8.16. The first-order valence-electron chi connectivity index (χ1n) is 4.72. The van der Waals surface area contributed by atoms with Gasteiger partial charge in [0.1, 0.15) is 6.07 Å². The SMILES string of the molecule is CNc1ccc2nc(OC)nc(C#N)c2c1. The van der Waals surface area contributed by atoms with Gasteiger partial charge in [-0.25, -0.2) is 0 Å². The summed E-state index contributed by atoms with van der Waals surface area (Å²) in [5, 5.41) is 12.7. The number of hydrogen-bond acceptors (Lipinski definition) is 5. The Morgan fingerprint density at radius 3 is 2.81 bits per heavy atom. The second-order valence-corrected chi connectivity index (χ2v) is 3.15. The quantitative estimate of drug-likeness (QED) is 0.821. The molecule has 5 nitrogen and oxygen atoms in total. The molecule has 0 atom stereocenters. The normalized spacial score (nSPS) is 9.81. The van der Waals surface area contributed by atoms with Crippen LogP contribution in [0.25, 0.3) is 10.9 Å². The lowest BCUT2D eigenvalue weighted by Crippen LogP contribution is -1.97. The molecular formula is C11H10N4O. The Balaban J connectivity index is 2.75. The van der Waals surface area contributed by atoms with Crippen molar-refractivity contribution in [2.75, 3.05) is 19.5 Å². The standard InChI is InChI=1S/C11H10N4O/c1-13-7-3-4-9-8(5-7)10(6-12)15-11(14-9)16-2/h3-5,13H,1-2H3. The number of fused-ring (bicyclic) bond motifs is 1. The van der Waals surface area contributed by atoms with Gasteiger partial charge in [0.2, 0.25) is 0 Å². The van der Waals surface area contributed by atoms with Gasteiger partial charge in [0.25, 0.3) is 0 Å². The first-order chi connectivity index (χ1) is 7.78. The van der Waals surface area contributed by atoms with Gasteiger partial charge in [0, 0.05) is 18.1 Å². The van der Waals surface area contributed by atoms with E-state index >= 15 is 0 Å². The molecule has 0 unspecified atom stereocenters. The van der Waals surface area contributed by atoms with E-state index in [1.165, 1.54) is 7.11 Å². The van der Waals surface area contributed by atoms with E-state index in [4.69, 9.17) is 10.00 Å². The number of nitrogens with one attached hydrogen (secondary N) is 1. The smallest absolute Gasteiger partial charge is 0.317 e. The molecule has 2 aromatic rings. The van der Waals surface area contributed by atoms with Crippen LogP contribution < -0.4 is 10.1 Å². The van der Waals surface area contributed by atoms with Crippen LogP contribution in [0.3, 0.4) is 0 Å². The summed E-state index contributed by atoms with van der Waals surface area (Å²) in [6.07, 6.45) is 0. The summed E-state index contributed by atoms with van der Waals surface area (Å²) in [5.74, 6) is 0. The molecule has 1 heterocycles. The average molecular weight is 214 g/mol. The van der Waals surface area contributed by atoms with E-state index in [1.54, 1.807) is 0 Å². The lowest BCUT2D eigenvalue weighted by Gasteiger charge is -2.05. The van der Waals surface area contributed by atoms with Crippen molar-refractivity contribution in [1.29, 1.82) is 5.26 Å². The topological polar surface area (TPSA) is 70.8 Å². The van der Waals surface area contributed by atoms with Gasteiger partial charge in [-0.05, 0) is 18.2 Å². The molecule has 0 amide bonds. The third-order valence-corrected chi connectivity index (χ3v) is 2.25. The zero-order valence-electron chi connectivity index (χ0n) is 8.98. The Kier molecular flexibility index (Phi) is 2.56. The summed E-state index contributed by atoms with van der Waals surface area (Å²) in [5.41, 5.74) is 1.93. The highest BCUT2D eigenvalue weighted by Crippen LogP contribution is 2.21. The van der Waals surface area contributed by atoms with Crippen molar-refractivity contribution >= 4 is 16.6 Å². The Morgan fingerprint density at radius 2 is 2.19 bits per heavy atom. The van der Waals surface area contributed by atoms with Gasteiger partial charge >= 0.3 is 6.01 Å². The number of hydrogen-bond donors (Lipinski definition) is 1. The maximum absolute atomic E-state index is 9.00. The van der Waals surface area contributed by atoms with Crippen LogP contribution >= 0.6 is 0 Å². The van der Waals surface area contributed by atoms with Gasteiger partial charge in [-0.2, -0.15) is 15.2 Å². The molecule has 0 saturated heterocycles. The van der Waals surface area contributed by atoms with Gasteiger partial charge in [0.15, 0.2) is 5.69 Å². The first-order valence-corrected chi connectivity index (χ1v) is 4.72. The predicted molar refractivity (Wildman–Crippen MR) is 60.4 cm³/mol. The molecule has 2 rings (SSSR count). The van der Waals surface area contributed by atoms with Crippen molar-refractivity contribution in [3.8, 4) is 12.1 Å². The van der Waals surface area contributed by atoms with Crippen molar-refractivity contribution in [1.82, 2.24) is 9.97 Å². The number of anilines is 1. The molecule has 16 heavy (non-hydrogen) atoms. The Bertz CT molecular complexity index is 574. The summed E-state index contributed by atoms with van der Waals surface area (Å²) in [6, 6.07) is 7.80. The fourth-order valence-electron chi connectivity index (χ4n) is 1.44. The van der Waals surface area contributed by atoms with Crippen LogP contribution in [-0.2, 0) is 0 Å². The number of nitrogens with zero attached hydrogens (tertiary/aromatic N) is 3. The largest absolute Gasteiger partial charge is 0.467 e. The first kappa shape index (κ1) is 10.2. The van der Waals surface area contributed by atoms with E-state index in [-0.39, 0.29) is 6.01 Å². The second kappa shape index (κ2) is 4.03. The zero-order chi connectivity index (χ0) is 11.5. The number of aromatic nitrogens is 2. The van der Waals surface area contributed by atoms with Crippen molar-refractivity contribution < 1.29 is 4.74 Å². The van der Waals surface area contributed by atoms with E-state index < -0.39 is 0 Å². The van der Waals surface area contributed by atoms with Gasteiger partial charge in [-0.1, -0.05) is 0 Å². The minimum atomic E-state index is 0.209.